The lowest BCUT2D eigenvalue weighted by Gasteiger charge is -2.21. The van der Waals surface area contributed by atoms with E-state index in [2.05, 4.69) is 15.0 Å². The van der Waals surface area contributed by atoms with Crippen LogP contribution in [0.2, 0.25) is 10.0 Å². The minimum Gasteiger partial charge on any atom is -0.464 e. The molecule has 0 unspecified atom stereocenters. The van der Waals surface area contributed by atoms with Gasteiger partial charge in [0.25, 0.3) is 0 Å². The maximum atomic E-state index is 12.5. The number of ether oxygens (including phenoxy) is 1. The predicted octanol–water partition coefficient (Wildman–Crippen LogP) is 4.68. The van der Waals surface area contributed by atoms with E-state index in [9.17, 15) is 9.59 Å². The molecule has 1 N–H and O–H groups in total. The third-order valence-electron chi connectivity index (χ3n) is 3.22. The van der Waals surface area contributed by atoms with Crippen molar-refractivity contribution >= 4 is 52.2 Å². The Hall–Kier alpha value is -1.83. The molecular formula is C16H17Cl2N3O3S. The van der Waals surface area contributed by atoms with Gasteiger partial charge in [-0.05, 0) is 24.6 Å². The third kappa shape index (κ3) is 5.32. The van der Waals surface area contributed by atoms with Crippen LogP contribution in [0.15, 0.2) is 23.6 Å². The number of carbonyl (C=O) groups excluding carboxylic acids is 2. The molecule has 0 aliphatic carbocycles. The van der Waals surface area contributed by atoms with Crippen LogP contribution in [0.3, 0.4) is 0 Å². The van der Waals surface area contributed by atoms with Crippen LogP contribution in [0.25, 0.3) is 0 Å². The van der Waals surface area contributed by atoms with Crippen molar-refractivity contribution in [1.82, 2.24) is 9.88 Å². The first-order valence-electron chi connectivity index (χ1n) is 7.48. The highest BCUT2D eigenvalue weighted by molar-refractivity contribution is 7.09. The van der Waals surface area contributed by atoms with Gasteiger partial charge < -0.3 is 15.0 Å². The molecule has 0 radical (unpaired) electrons. The summed E-state index contributed by atoms with van der Waals surface area (Å²) < 4.78 is 4.64. The van der Waals surface area contributed by atoms with E-state index in [4.69, 9.17) is 23.2 Å². The first-order chi connectivity index (χ1) is 11.9. The second-order valence-corrected chi connectivity index (χ2v) is 6.86. The topological polar surface area (TPSA) is 71.5 Å². The van der Waals surface area contributed by atoms with Gasteiger partial charge in [-0.25, -0.2) is 14.6 Å². The van der Waals surface area contributed by atoms with Crippen LogP contribution >= 0.6 is 34.5 Å². The van der Waals surface area contributed by atoms with E-state index in [0.717, 1.165) is 6.42 Å². The van der Waals surface area contributed by atoms with Gasteiger partial charge >= 0.3 is 12.0 Å². The SMILES string of the molecule is CCCN(Cc1nc(C(=O)OC)cs1)C(=O)Nc1ccc(Cl)c(Cl)c1. The summed E-state index contributed by atoms with van der Waals surface area (Å²) in [7, 11) is 1.30. The first kappa shape index (κ1) is 19.5. The fraction of sp³-hybridized carbons (Fsp3) is 0.312. The molecule has 2 amide bonds. The summed E-state index contributed by atoms with van der Waals surface area (Å²) in [6.45, 7) is 2.81. The quantitative estimate of drug-likeness (QED) is 0.713. The lowest BCUT2D eigenvalue weighted by atomic mass is 10.3. The summed E-state index contributed by atoms with van der Waals surface area (Å²) in [4.78, 5) is 29.8. The monoisotopic (exact) mass is 401 g/mol. The number of carbonyl (C=O) groups is 2. The van der Waals surface area contributed by atoms with Crippen molar-refractivity contribution in [1.29, 1.82) is 0 Å². The van der Waals surface area contributed by atoms with Crippen molar-refractivity contribution in [3.05, 3.63) is 44.3 Å². The molecular weight excluding hydrogens is 385 g/mol. The molecule has 1 aromatic carbocycles. The molecule has 134 valence electrons. The van der Waals surface area contributed by atoms with Crippen molar-refractivity contribution in [2.45, 2.75) is 19.9 Å². The highest BCUT2D eigenvalue weighted by Gasteiger charge is 2.17. The Bertz CT molecular complexity index is 767. The number of aromatic nitrogens is 1. The van der Waals surface area contributed by atoms with Gasteiger partial charge in [0.15, 0.2) is 5.69 Å². The number of esters is 1. The molecule has 2 aromatic rings. The van der Waals surface area contributed by atoms with Crippen LogP contribution < -0.4 is 5.32 Å². The highest BCUT2D eigenvalue weighted by atomic mass is 35.5. The smallest absolute Gasteiger partial charge is 0.357 e. The maximum absolute atomic E-state index is 12.5. The second kappa shape index (κ2) is 9.03. The van der Waals surface area contributed by atoms with E-state index >= 15 is 0 Å². The molecule has 9 heteroatoms. The van der Waals surface area contributed by atoms with Gasteiger partial charge in [0, 0.05) is 17.6 Å². The number of urea groups is 1. The van der Waals surface area contributed by atoms with Crippen molar-refractivity contribution < 1.29 is 14.3 Å². The van der Waals surface area contributed by atoms with Crippen molar-refractivity contribution in [2.75, 3.05) is 19.0 Å². The average molecular weight is 402 g/mol. The summed E-state index contributed by atoms with van der Waals surface area (Å²) in [5.74, 6) is -0.496. The van der Waals surface area contributed by atoms with E-state index in [1.807, 2.05) is 6.92 Å². The Morgan fingerprint density at radius 3 is 2.72 bits per heavy atom. The Labute approximate surface area is 159 Å². The van der Waals surface area contributed by atoms with Crippen LogP contribution in [-0.4, -0.2) is 35.5 Å². The molecule has 2 rings (SSSR count). The van der Waals surface area contributed by atoms with Crippen molar-refractivity contribution in [3.8, 4) is 0 Å². The number of benzene rings is 1. The zero-order chi connectivity index (χ0) is 18.4. The van der Waals surface area contributed by atoms with Gasteiger partial charge in [0.05, 0.1) is 23.7 Å². The van der Waals surface area contributed by atoms with Crippen molar-refractivity contribution in [3.63, 3.8) is 0 Å². The summed E-state index contributed by atoms with van der Waals surface area (Å²) in [6.07, 6.45) is 0.782. The Morgan fingerprint density at radius 2 is 2.08 bits per heavy atom. The number of anilines is 1. The molecule has 0 fully saturated rings. The standard InChI is InChI=1S/C16H17Cl2N3O3S/c1-3-6-21(8-14-20-13(9-25-14)15(22)24-2)16(23)19-10-4-5-11(17)12(18)7-10/h4-5,7,9H,3,6,8H2,1-2H3,(H,19,23). The molecule has 0 atom stereocenters. The first-order valence-corrected chi connectivity index (χ1v) is 9.11. The molecule has 1 heterocycles. The van der Waals surface area contributed by atoms with Crippen molar-refractivity contribution in [2.24, 2.45) is 0 Å². The van der Waals surface area contributed by atoms with Crippen LogP contribution in [-0.2, 0) is 11.3 Å². The van der Waals surface area contributed by atoms with Gasteiger partial charge in [-0.15, -0.1) is 11.3 Å². The van der Waals surface area contributed by atoms with Gasteiger partial charge in [0.1, 0.15) is 5.01 Å². The van der Waals surface area contributed by atoms with Gasteiger partial charge in [-0.1, -0.05) is 30.1 Å². The predicted molar refractivity (Wildman–Crippen MR) is 99.6 cm³/mol. The number of rotatable bonds is 6. The largest absolute Gasteiger partial charge is 0.464 e. The number of nitrogens with zero attached hydrogens (tertiary/aromatic N) is 2. The average Bonchev–Trinajstić information content (AvgIpc) is 3.05. The van der Waals surface area contributed by atoms with Crippen LogP contribution in [0, 0.1) is 0 Å². The molecule has 0 aliphatic heterocycles. The van der Waals surface area contributed by atoms with E-state index in [0.29, 0.717) is 33.8 Å². The molecule has 0 saturated heterocycles. The number of amides is 2. The van der Waals surface area contributed by atoms with Gasteiger partial charge in [-0.3, -0.25) is 0 Å². The lowest BCUT2D eigenvalue weighted by molar-refractivity contribution is 0.0594. The highest BCUT2D eigenvalue weighted by Crippen LogP contribution is 2.25. The molecule has 25 heavy (non-hydrogen) atoms. The number of hydrogen-bond donors (Lipinski definition) is 1. The fourth-order valence-corrected chi connectivity index (χ4v) is 3.12. The Balaban J connectivity index is 2.08. The van der Waals surface area contributed by atoms with Gasteiger partial charge in [0.2, 0.25) is 0 Å². The molecule has 0 spiro atoms. The number of halogens is 2. The Kier molecular flexibility index (Phi) is 7.04. The van der Waals surface area contributed by atoms with E-state index in [-0.39, 0.29) is 11.7 Å². The zero-order valence-electron chi connectivity index (χ0n) is 13.7. The molecule has 0 bridgehead atoms. The number of nitrogens with one attached hydrogen (secondary N) is 1. The van der Waals surface area contributed by atoms with Crippen LogP contribution in [0.1, 0.15) is 28.8 Å². The zero-order valence-corrected chi connectivity index (χ0v) is 16.0. The Morgan fingerprint density at radius 1 is 1.32 bits per heavy atom. The second-order valence-electron chi connectivity index (χ2n) is 5.10. The maximum Gasteiger partial charge on any atom is 0.357 e. The third-order valence-corrected chi connectivity index (χ3v) is 4.80. The number of hydrogen-bond acceptors (Lipinski definition) is 5. The summed E-state index contributed by atoms with van der Waals surface area (Å²) in [5, 5.41) is 5.83. The normalized spacial score (nSPS) is 10.4. The molecule has 1 aromatic heterocycles. The van der Waals surface area contributed by atoms with Gasteiger partial charge in [-0.2, -0.15) is 0 Å². The summed E-state index contributed by atoms with van der Waals surface area (Å²) in [6, 6.07) is 4.60. The van der Waals surface area contributed by atoms with E-state index in [1.54, 1.807) is 28.5 Å². The van der Waals surface area contributed by atoms with E-state index < -0.39 is 5.97 Å². The molecule has 6 nitrogen and oxygen atoms in total. The minimum atomic E-state index is -0.496. The lowest BCUT2D eigenvalue weighted by Crippen LogP contribution is -2.35. The molecule has 0 aliphatic rings. The summed E-state index contributed by atoms with van der Waals surface area (Å²) >= 11 is 13.1. The fourth-order valence-electron chi connectivity index (χ4n) is 2.04. The molecule has 0 saturated carbocycles. The minimum absolute atomic E-state index is 0.240. The van der Waals surface area contributed by atoms with Crippen LogP contribution in [0.4, 0.5) is 10.5 Å². The van der Waals surface area contributed by atoms with E-state index in [1.165, 1.54) is 18.4 Å². The summed E-state index contributed by atoms with van der Waals surface area (Å²) in [5.41, 5.74) is 0.790. The van der Waals surface area contributed by atoms with Crippen LogP contribution in [0.5, 0.6) is 0 Å². The number of thiazole rings is 1. The number of methoxy groups -OCH3 is 1.